The van der Waals surface area contributed by atoms with Crippen molar-refractivity contribution in [3.8, 4) is 11.1 Å². The van der Waals surface area contributed by atoms with Crippen LogP contribution in [0.1, 0.15) is 25.5 Å². The molecule has 2 N–H and O–H groups in total. The molecule has 2 aromatic heterocycles. The normalized spacial score (nSPS) is 17.7. The Hall–Kier alpha value is -1.76. The summed E-state index contributed by atoms with van der Waals surface area (Å²) in [5, 5.41) is 9.29. The molecule has 1 unspecified atom stereocenters. The Labute approximate surface area is 160 Å². The van der Waals surface area contributed by atoms with Crippen molar-refractivity contribution in [3.05, 3.63) is 34.7 Å². The first kappa shape index (κ1) is 17.6. The Morgan fingerprint density at radius 3 is 3.04 bits per heavy atom. The van der Waals surface area contributed by atoms with Crippen molar-refractivity contribution < 1.29 is 9.13 Å². The van der Waals surface area contributed by atoms with Gasteiger partial charge in [0, 0.05) is 47.7 Å². The van der Waals surface area contributed by atoms with Crippen molar-refractivity contribution in [2.24, 2.45) is 0 Å². The van der Waals surface area contributed by atoms with E-state index in [0.29, 0.717) is 10.0 Å². The van der Waals surface area contributed by atoms with Crippen LogP contribution in [0.25, 0.3) is 22.0 Å². The number of ether oxygens (including phenoxy) is 1. The number of hydrogen-bond acceptors (Lipinski definition) is 3. The van der Waals surface area contributed by atoms with E-state index in [2.05, 4.69) is 15.4 Å². The first-order chi connectivity index (χ1) is 12.7. The average Bonchev–Trinajstić information content (AvgIpc) is 3.31. The summed E-state index contributed by atoms with van der Waals surface area (Å²) < 4.78 is 20.3. The van der Waals surface area contributed by atoms with Gasteiger partial charge in [-0.05, 0) is 25.3 Å². The van der Waals surface area contributed by atoms with Crippen LogP contribution in [-0.2, 0) is 4.74 Å². The molecule has 1 aliphatic rings. The van der Waals surface area contributed by atoms with Gasteiger partial charge in [-0.15, -0.1) is 0 Å². The quantitative estimate of drug-likeness (QED) is 0.605. The van der Waals surface area contributed by atoms with Gasteiger partial charge in [0.25, 0.3) is 0 Å². The highest BCUT2D eigenvalue weighted by atomic mass is 35.5. The highest BCUT2D eigenvalue weighted by Crippen LogP contribution is 2.41. The summed E-state index contributed by atoms with van der Waals surface area (Å²) in [5.74, 6) is 0. The Balaban J connectivity index is 1.77. The van der Waals surface area contributed by atoms with Crippen LogP contribution in [0.4, 0.5) is 10.1 Å². The molecule has 138 valence electrons. The molecule has 5 nitrogen and oxygen atoms in total. The van der Waals surface area contributed by atoms with E-state index in [4.69, 9.17) is 27.9 Å². The smallest absolute Gasteiger partial charge is 0.150 e. The molecule has 26 heavy (non-hydrogen) atoms. The van der Waals surface area contributed by atoms with Crippen LogP contribution < -0.4 is 5.32 Å². The zero-order valence-electron chi connectivity index (χ0n) is 14.1. The van der Waals surface area contributed by atoms with E-state index >= 15 is 0 Å². The van der Waals surface area contributed by atoms with Gasteiger partial charge in [-0.1, -0.05) is 23.2 Å². The molecule has 1 atom stereocenters. The van der Waals surface area contributed by atoms with Crippen molar-refractivity contribution in [1.82, 2.24) is 14.8 Å². The van der Waals surface area contributed by atoms with E-state index in [-0.39, 0.29) is 12.8 Å². The van der Waals surface area contributed by atoms with E-state index in [1.54, 1.807) is 6.07 Å². The van der Waals surface area contributed by atoms with Crippen LogP contribution in [0.15, 0.2) is 24.7 Å². The van der Waals surface area contributed by atoms with E-state index in [0.717, 1.165) is 53.6 Å². The maximum absolute atomic E-state index is 12.7. The predicted octanol–water partition coefficient (Wildman–Crippen LogP) is 5.42. The number of aromatic amines is 1. The fraction of sp³-hybridized carbons (Fsp3) is 0.389. The first-order valence-electron chi connectivity index (χ1n) is 8.64. The number of benzene rings is 1. The Morgan fingerprint density at radius 1 is 1.38 bits per heavy atom. The van der Waals surface area contributed by atoms with Crippen molar-refractivity contribution in [3.63, 3.8) is 0 Å². The van der Waals surface area contributed by atoms with Crippen LogP contribution in [0.3, 0.4) is 0 Å². The molecule has 3 heterocycles. The van der Waals surface area contributed by atoms with E-state index < -0.39 is 6.67 Å². The summed E-state index contributed by atoms with van der Waals surface area (Å²) in [4.78, 5) is 3.18. The maximum atomic E-state index is 12.7. The summed E-state index contributed by atoms with van der Waals surface area (Å²) in [6, 6.07) is 1.73. The van der Waals surface area contributed by atoms with Gasteiger partial charge in [0.2, 0.25) is 0 Å². The van der Waals surface area contributed by atoms with Gasteiger partial charge in [0.1, 0.15) is 12.9 Å². The summed E-state index contributed by atoms with van der Waals surface area (Å²) in [6.07, 6.45) is 8.82. The first-order valence-corrected chi connectivity index (χ1v) is 9.39. The third kappa shape index (κ3) is 3.17. The van der Waals surface area contributed by atoms with Gasteiger partial charge in [-0.25, -0.2) is 9.07 Å². The molecule has 4 rings (SSSR count). The topological polar surface area (TPSA) is 54.9 Å². The third-order valence-corrected chi connectivity index (χ3v) is 5.41. The minimum Gasteiger partial charge on any atom is -0.382 e. The molecule has 0 aliphatic carbocycles. The molecule has 3 aromatic rings. The minimum absolute atomic E-state index is 0.0233. The third-order valence-electron chi connectivity index (χ3n) is 4.62. The van der Waals surface area contributed by atoms with Crippen molar-refractivity contribution >= 4 is 39.8 Å². The van der Waals surface area contributed by atoms with Gasteiger partial charge in [0.05, 0.1) is 21.8 Å². The number of H-pyrrole nitrogens is 1. The zero-order valence-corrected chi connectivity index (χ0v) is 15.6. The lowest BCUT2D eigenvalue weighted by Gasteiger charge is -2.22. The standard InChI is InChI=1S/C18H19Cl2FN4O/c19-13-7-14(22-5-4-21)16-12(9-23-18(16)17(13)20)11-8-24-25(10-11)15-3-1-2-6-26-15/h7-10,15,22-23H,1-6H2. The lowest BCUT2D eigenvalue weighted by molar-refractivity contribution is -0.0394. The number of nitrogens with zero attached hydrogens (tertiary/aromatic N) is 2. The van der Waals surface area contributed by atoms with Crippen LogP contribution in [0.5, 0.6) is 0 Å². The predicted molar refractivity (Wildman–Crippen MR) is 103 cm³/mol. The largest absolute Gasteiger partial charge is 0.382 e. The number of hydrogen-bond donors (Lipinski definition) is 2. The van der Waals surface area contributed by atoms with Crippen molar-refractivity contribution in [2.75, 3.05) is 25.1 Å². The highest BCUT2D eigenvalue weighted by molar-refractivity contribution is 6.46. The summed E-state index contributed by atoms with van der Waals surface area (Å²) in [7, 11) is 0. The summed E-state index contributed by atoms with van der Waals surface area (Å²) in [6.45, 7) is 0.490. The fourth-order valence-corrected chi connectivity index (χ4v) is 3.78. The number of fused-ring (bicyclic) bond motifs is 1. The zero-order chi connectivity index (χ0) is 18.1. The molecule has 1 saturated heterocycles. The Bertz CT molecular complexity index is 917. The molecular weight excluding hydrogens is 378 g/mol. The van der Waals surface area contributed by atoms with Gasteiger partial charge in [-0.2, -0.15) is 5.10 Å². The van der Waals surface area contributed by atoms with E-state index in [1.165, 1.54) is 0 Å². The lowest BCUT2D eigenvalue weighted by Crippen LogP contribution is -2.18. The number of rotatable bonds is 5. The average molecular weight is 397 g/mol. The second-order valence-electron chi connectivity index (χ2n) is 6.32. The van der Waals surface area contributed by atoms with Crippen LogP contribution in [-0.4, -0.2) is 34.6 Å². The molecule has 1 aliphatic heterocycles. The van der Waals surface area contributed by atoms with Crippen LogP contribution >= 0.6 is 23.2 Å². The van der Waals surface area contributed by atoms with Gasteiger partial charge < -0.3 is 15.0 Å². The van der Waals surface area contributed by atoms with Gasteiger partial charge >= 0.3 is 0 Å². The number of anilines is 1. The molecule has 1 fully saturated rings. The number of aromatic nitrogens is 3. The monoisotopic (exact) mass is 396 g/mol. The molecule has 0 amide bonds. The summed E-state index contributed by atoms with van der Waals surface area (Å²) in [5.41, 5.74) is 3.33. The van der Waals surface area contributed by atoms with E-state index in [9.17, 15) is 4.39 Å². The number of halogens is 3. The molecule has 1 aromatic carbocycles. The SMILES string of the molecule is FCCNc1cc(Cl)c(Cl)c2[nH]cc(-c3cnn(C4CCCCO4)c3)c12. The van der Waals surface area contributed by atoms with Crippen LogP contribution in [0, 0.1) is 0 Å². The van der Waals surface area contributed by atoms with E-state index in [1.807, 2.05) is 23.3 Å². The fourth-order valence-electron chi connectivity index (χ4n) is 3.37. The number of alkyl halides is 1. The van der Waals surface area contributed by atoms with Crippen LogP contribution in [0.2, 0.25) is 10.0 Å². The second-order valence-corrected chi connectivity index (χ2v) is 7.10. The number of nitrogens with one attached hydrogen (secondary N) is 2. The van der Waals surface area contributed by atoms with Crippen molar-refractivity contribution in [2.45, 2.75) is 25.5 Å². The van der Waals surface area contributed by atoms with Gasteiger partial charge in [0.15, 0.2) is 0 Å². The molecule has 0 bridgehead atoms. The Kier molecular flexibility index (Phi) is 5.07. The molecule has 8 heteroatoms. The second kappa shape index (κ2) is 7.47. The maximum Gasteiger partial charge on any atom is 0.150 e. The molecular formula is C18H19Cl2FN4O. The Morgan fingerprint density at radius 2 is 2.27 bits per heavy atom. The summed E-state index contributed by atoms with van der Waals surface area (Å²) >= 11 is 12.6. The minimum atomic E-state index is -0.474. The van der Waals surface area contributed by atoms with Gasteiger partial charge in [-0.3, -0.25) is 0 Å². The molecule has 0 saturated carbocycles. The van der Waals surface area contributed by atoms with Crippen molar-refractivity contribution in [1.29, 1.82) is 0 Å². The lowest BCUT2D eigenvalue weighted by atomic mass is 10.1. The molecule has 0 spiro atoms. The molecule has 0 radical (unpaired) electrons. The highest BCUT2D eigenvalue weighted by Gasteiger charge is 2.20.